The minimum Gasteiger partial charge on any atom is -0.456 e. The molecule has 244 valence electrons. The summed E-state index contributed by atoms with van der Waals surface area (Å²) < 4.78 is 19.5. The van der Waals surface area contributed by atoms with E-state index in [1.165, 1.54) is 16.3 Å². The van der Waals surface area contributed by atoms with Crippen LogP contribution in [0.4, 0.5) is 17.1 Å². The third-order valence-corrected chi connectivity index (χ3v) is 10.1. The molecule has 3 aromatic heterocycles. The topological polar surface area (TPSA) is 55.6 Å². The van der Waals surface area contributed by atoms with Crippen molar-refractivity contribution in [3.8, 4) is 22.6 Å². The zero-order valence-electron chi connectivity index (χ0n) is 27.8. The van der Waals surface area contributed by atoms with Gasteiger partial charge in [-0.05, 0) is 88.6 Å². The van der Waals surface area contributed by atoms with E-state index in [4.69, 9.17) is 18.2 Å². The first-order valence-electron chi connectivity index (χ1n) is 17.4. The molecule has 0 saturated heterocycles. The van der Waals surface area contributed by atoms with E-state index in [1.54, 1.807) is 0 Å². The number of hydrogen-bond donors (Lipinski definition) is 0. The Kier molecular flexibility index (Phi) is 6.18. The average Bonchev–Trinajstić information content (AvgIpc) is 3.92. The summed E-state index contributed by atoms with van der Waals surface area (Å²) in [6, 6.07) is 58.6. The Morgan fingerprint density at radius 2 is 1.13 bits per heavy atom. The predicted molar refractivity (Wildman–Crippen MR) is 212 cm³/mol. The van der Waals surface area contributed by atoms with Crippen molar-refractivity contribution in [1.82, 2.24) is 4.98 Å². The van der Waals surface area contributed by atoms with Crippen molar-refractivity contribution < 1.29 is 13.3 Å². The van der Waals surface area contributed by atoms with E-state index in [9.17, 15) is 0 Å². The normalized spacial score (nSPS) is 11.8. The summed E-state index contributed by atoms with van der Waals surface area (Å²) in [6.07, 6.45) is 0. The SMILES string of the molecule is c1ccc(-c2nc3ccc4oc5ccc(N(c6ccc(-c7cccc8ccccc78)cc6)c6cccc7c6oc6ccccc67)cc5c4c3o2)cc1. The summed E-state index contributed by atoms with van der Waals surface area (Å²) in [6.45, 7) is 0. The average molecular weight is 669 g/mol. The van der Waals surface area contributed by atoms with E-state index >= 15 is 0 Å². The van der Waals surface area contributed by atoms with Crippen LogP contribution in [0, 0.1) is 0 Å². The van der Waals surface area contributed by atoms with Crippen molar-refractivity contribution in [2.75, 3.05) is 4.90 Å². The Hall–Kier alpha value is -7.11. The van der Waals surface area contributed by atoms with Gasteiger partial charge in [-0.1, -0.05) is 103 Å². The minimum absolute atomic E-state index is 0.582. The molecule has 0 spiro atoms. The Bertz CT molecular complexity index is 3130. The summed E-state index contributed by atoms with van der Waals surface area (Å²) in [4.78, 5) is 7.12. The number of fused-ring (bicyclic) bond motifs is 9. The molecular formula is C47H28N2O3. The van der Waals surface area contributed by atoms with E-state index in [1.807, 2.05) is 60.7 Å². The number of nitrogens with zero attached hydrogens (tertiary/aromatic N) is 2. The summed E-state index contributed by atoms with van der Waals surface area (Å²) >= 11 is 0. The Balaban J connectivity index is 1.13. The molecule has 11 rings (SSSR count). The fraction of sp³-hybridized carbons (Fsp3) is 0. The van der Waals surface area contributed by atoms with Crippen LogP contribution >= 0.6 is 0 Å². The summed E-state index contributed by atoms with van der Waals surface area (Å²) in [7, 11) is 0. The number of hydrogen-bond acceptors (Lipinski definition) is 5. The molecule has 11 aromatic rings. The maximum absolute atomic E-state index is 6.61. The highest BCUT2D eigenvalue weighted by molar-refractivity contribution is 6.17. The molecule has 0 aliphatic carbocycles. The number of furan rings is 2. The molecule has 8 aromatic carbocycles. The molecule has 0 saturated carbocycles. The molecule has 3 heterocycles. The molecule has 0 atom stereocenters. The lowest BCUT2D eigenvalue weighted by Crippen LogP contribution is -2.10. The second kappa shape index (κ2) is 11.2. The molecule has 5 heteroatoms. The number of para-hydroxylation sites is 2. The van der Waals surface area contributed by atoms with E-state index in [-0.39, 0.29) is 0 Å². The van der Waals surface area contributed by atoms with Gasteiger partial charge in [0.15, 0.2) is 11.2 Å². The second-order valence-corrected chi connectivity index (χ2v) is 13.1. The van der Waals surface area contributed by atoms with Crippen LogP contribution in [0.25, 0.3) is 88.3 Å². The highest BCUT2D eigenvalue weighted by atomic mass is 16.4. The van der Waals surface area contributed by atoms with Crippen molar-refractivity contribution in [2.24, 2.45) is 0 Å². The van der Waals surface area contributed by atoms with Crippen molar-refractivity contribution in [2.45, 2.75) is 0 Å². The lowest BCUT2D eigenvalue weighted by atomic mass is 9.98. The smallest absolute Gasteiger partial charge is 0.227 e. The van der Waals surface area contributed by atoms with Gasteiger partial charge >= 0.3 is 0 Å². The van der Waals surface area contributed by atoms with Gasteiger partial charge in [-0.2, -0.15) is 0 Å². The zero-order chi connectivity index (χ0) is 34.2. The molecule has 0 N–H and O–H groups in total. The number of aromatic nitrogens is 1. The summed E-state index contributed by atoms with van der Waals surface area (Å²) in [5, 5.41) is 6.45. The molecule has 0 radical (unpaired) electrons. The Morgan fingerprint density at radius 1 is 0.423 bits per heavy atom. The van der Waals surface area contributed by atoms with Crippen LogP contribution in [0.3, 0.4) is 0 Å². The summed E-state index contributed by atoms with van der Waals surface area (Å²) in [5.74, 6) is 0.582. The van der Waals surface area contributed by atoms with E-state index < -0.39 is 0 Å². The van der Waals surface area contributed by atoms with E-state index in [2.05, 4.69) is 114 Å². The van der Waals surface area contributed by atoms with Gasteiger partial charge in [-0.15, -0.1) is 0 Å². The monoisotopic (exact) mass is 668 g/mol. The first kappa shape index (κ1) is 28.7. The van der Waals surface area contributed by atoms with Gasteiger partial charge in [-0.3, -0.25) is 0 Å². The molecule has 0 fully saturated rings. The highest BCUT2D eigenvalue weighted by Crippen LogP contribution is 2.45. The molecule has 5 nitrogen and oxygen atoms in total. The van der Waals surface area contributed by atoms with Gasteiger partial charge in [0, 0.05) is 33.1 Å². The number of anilines is 3. The lowest BCUT2D eigenvalue weighted by molar-refractivity contribution is 0.622. The van der Waals surface area contributed by atoms with Gasteiger partial charge < -0.3 is 18.2 Å². The van der Waals surface area contributed by atoms with Gasteiger partial charge in [0.1, 0.15) is 22.3 Å². The molecule has 0 aliphatic rings. The standard InChI is InChI=1S/C47H28N2O3/c1-2-11-31(12-3-1)47-48-39-25-27-43-44(46(39)52-47)38-28-33(24-26-42(38)50-43)49(40-18-9-17-37-36-15-6-7-19-41(36)51-45(37)40)32-22-20-30(21-23-32)35-16-8-13-29-10-4-5-14-34(29)35/h1-28H. The third-order valence-electron chi connectivity index (χ3n) is 10.1. The quantitative estimate of drug-likeness (QED) is 0.183. The van der Waals surface area contributed by atoms with Gasteiger partial charge in [0.05, 0.1) is 11.1 Å². The molecule has 0 bridgehead atoms. The van der Waals surface area contributed by atoms with Crippen LogP contribution in [0.1, 0.15) is 0 Å². The first-order chi connectivity index (χ1) is 25.8. The number of rotatable bonds is 5. The summed E-state index contributed by atoms with van der Waals surface area (Å²) in [5.41, 5.74) is 10.9. The zero-order valence-corrected chi connectivity index (χ0v) is 27.8. The highest BCUT2D eigenvalue weighted by Gasteiger charge is 2.22. The van der Waals surface area contributed by atoms with Crippen molar-refractivity contribution in [1.29, 1.82) is 0 Å². The molecule has 52 heavy (non-hydrogen) atoms. The van der Waals surface area contributed by atoms with Crippen LogP contribution < -0.4 is 4.90 Å². The number of oxazole rings is 1. The van der Waals surface area contributed by atoms with E-state index in [0.29, 0.717) is 11.5 Å². The second-order valence-electron chi connectivity index (χ2n) is 13.1. The Labute approximate surface area is 297 Å². The van der Waals surface area contributed by atoms with Crippen molar-refractivity contribution in [3.63, 3.8) is 0 Å². The van der Waals surface area contributed by atoms with Crippen LogP contribution in [0.5, 0.6) is 0 Å². The van der Waals surface area contributed by atoms with Crippen molar-refractivity contribution in [3.05, 3.63) is 170 Å². The van der Waals surface area contributed by atoms with Crippen LogP contribution in [-0.2, 0) is 0 Å². The van der Waals surface area contributed by atoms with Crippen LogP contribution in [-0.4, -0.2) is 4.98 Å². The van der Waals surface area contributed by atoms with E-state index in [0.717, 1.165) is 77.6 Å². The third kappa shape index (κ3) is 4.39. The molecule has 0 amide bonds. The maximum Gasteiger partial charge on any atom is 0.227 e. The van der Waals surface area contributed by atoms with Gasteiger partial charge in [-0.25, -0.2) is 4.98 Å². The minimum atomic E-state index is 0.582. The Morgan fingerprint density at radius 3 is 2.04 bits per heavy atom. The fourth-order valence-electron chi connectivity index (χ4n) is 7.68. The van der Waals surface area contributed by atoms with Crippen LogP contribution in [0.2, 0.25) is 0 Å². The van der Waals surface area contributed by atoms with Crippen molar-refractivity contribution >= 4 is 82.8 Å². The first-order valence-corrected chi connectivity index (χ1v) is 17.4. The molecule has 0 unspecified atom stereocenters. The van der Waals surface area contributed by atoms with Gasteiger partial charge in [0.25, 0.3) is 0 Å². The van der Waals surface area contributed by atoms with Gasteiger partial charge in [0.2, 0.25) is 5.89 Å². The molecule has 0 aliphatic heterocycles. The fourth-order valence-corrected chi connectivity index (χ4v) is 7.68. The predicted octanol–water partition coefficient (Wildman–Crippen LogP) is 13.6. The number of benzene rings is 8. The maximum atomic E-state index is 6.61. The lowest BCUT2D eigenvalue weighted by Gasteiger charge is -2.26. The molecular weight excluding hydrogens is 641 g/mol. The largest absolute Gasteiger partial charge is 0.456 e. The van der Waals surface area contributed by atoms with Crippen LogP contribution in [0.15, 0.2) is 183 Å².